The summed E-state index contributed by atoms with van der Waals surface area (Å²) < 4.78 is 0. The molecule has 7 heteroatoms. The van der Waals surface area contributed by atoms with Gasteiger partial charge in [-0.15, -0.1) is 11.3 Å². The number of hydrogen-bond donors (Lipinski definition) is 1. The zero-order valence-corrected chi connectivity index (χ0v) is 16.3. The number of nitrogens with zero attached hydrogens (tertiary/aromatic N) is 3. The van der Waals surface area contributed by atoms with Gasteiger partial charge in [0.25, 0.3) is 0 Å². The summed E-state index contributed by atoms with van der Waals surface area (Å²) in [6.45, 7) is 5.03. The molecule has 3 heterocycles. The minimum Gasteiger partial charge on any atom is -0.371 e. The molecule has 0 aliphatic carbocycles. The van der Waals surface area contributed by atoms with Crippen molar-refractivity contribution in [2.45, 2.75) is 39.0 Å². The van der Waals surface area contributed by atoms with Crippen molar-refractivity contribution in [2.24, 2.45) is 0 Å². The molecule has 0 bridgehead atoms. The van der Waals surface area contributed by atoms with E-state index in [1.807, 2.05) is 17.5 Å². The van der Waals surface area contributed by atoms with E-state index in [2.05, 4.69) is 28.2 Å². The second-order valence-electron chi connectivity index (χ2n) is 7.19. The third kappa shape index (κ3) is 3.98. The van der Waals surface area contributed by atoms with Crippen LogP contribution in [-0.4, -0.2) is 36.4 Å². The molecule has 2 aromatic rings. The Labute approximate surface area is 163 Å². The summed E-state index contributed by atoms with van der Waals surface area (Å²) in [6.07, 6.45) is 4.17. The fraction of sp³-hybridized carbons (Fsp3) is 0.450. The highest BCUT2D eigenvalue weighted by Gasteiger charge is 2.24. The zero-order chi connectivity index (χ0) is 18.8. The maximum absolute atomic E-state index is 12.4. The largest absolute Gasteiger partial charge is 0.371 e. The van der Waals surface area contributed by atoms with Gasteiger partial charge in [-0.05, 0) is 49.9 Å². The smallest absolute Gasteiger partial charge is 0.230 e. The standard InChI is InChI=1S/C20H24N4O2S/c1-14-11-15(6-7-17(14)23-8-2-3-9-23)21-18(25)12-16-13-27-20(22-16)24-10-4-5-19(24)26/h6-7,11,13H,2-5,8-10,12H2,1H3,(H,21,25). The van der Waals surface area contributed by atoms with Crippen molar-refractivity contribution in [1.82, 2.24) is 4.98 Å². The lowest BCUT2D eigenvalue weighted by Crippen LogP contribution is -2.23. The number of carbonyl (C=O) groups is 2. The molecule has 2 fully saturated rings. The van der Waals surface area contributed by atoms with Crippen LogP contribution >= 0.6 is 11.3 Å². The molecule has 2 saturated heterocycles. The molecule has 2 aliphatic rings. The lowest BCUT2D eigenvalue weighted by molar-refractivity contribution is -0.117. The van der Waals surface area contributed by atoms with Crippen molar-refractivity contribution in [3.05, 3.63) is 34.8 Å². The highest BCUT2D eigenvalue weighted by Crippen LogP contribution is 2.27. The van der Waals surface area contributed by atoms with Crippen molar-refractivity contribution in [2.75, 3.05) is 34.8 Å². The molecule has 4 rings (SSSR count). The highest BCUT2D eigenvalue weighted by molar-refractivity contribution is 7.14. The number of hydrogen-bond acceptors (Lipinski definition) is 5. The summed E-state index contributed by atoms with van der Waals surface area (Å²) in [5.74, 6) is 0.0295. The first-order valence-corrected chi connectivity index (χ1v) is 10.4. The van der Waals surface area contributed by atoms with Crippen LogP contribution in [0.2, 0.25) is 0 Å². The molecule has 0 spiro atoms. The Hall–Kier alpha value is -2.41. The Morgan fingerprint density at radius 2 is 2.04 bits per heavy atom. The molecule has 1 N–H and O–H groups in total. The van der Waals surface area contributed by atoms with Gasteiger partial charge in [0.15, 0.2) is 5.13 Å². The zero-order valence-electron chi connectivity index (χ0n) is 15.5. The van der Waals surface area contributed by atoms with Crippen LogP contribution in [0, 0.1) is 6.92 Å². The van der Waals surface area contributed by atoms with Crippen molar-refractivity contribution in [1.29, 1.82) is 0 Å². The van der Waals surface area contributed by atoms with Gasteiger partial charge in [0.05, 0.1) is 12.1 Å². The van der Waals surface area contributed by atoms with Gasteiger partial charge in [-0.2, -0.15) is 0 Å². The Bertz CT molecular complexity index is 857. The fourth-order valence-corrected chi connectivity index (χ4v) is 4.64. The van der Waals surface area contributed by atoms with E-state index in [4.69, 9.17) is 0 Å². The van der Waals surface area contributed by atoms with E-state index in [9.17, 15) is 9.59 Å². The second-order valence-corrected chi connectivity index (χ2v) is 8.03. The molecule has 27 heavy (non-hydrogen) atoms. The normalized spacial score (nSPS) is 17.0. The SMILES string of the molecule is Cc1cc(NC(=O)Cc2csc(N3CCCC3=O)n2)ccc1N1CCCC1. The first kappa shape index (κ1) is 18.0. The molecule has 2 aliphatic heterocycles. The quantitative estimate of drug-likeness (QED) is 0.858. The number of nitrogens with one attached hydrogen (secondary N) is 1. The van der Waals surface area contributed by atoms with Gasteiger partial charge in [-0.25, -0.2) is 4.98 Å². The molecule has 0 saturated carbocycles. The molecule has 0 radical (unpaired) electrons. The van der Waals surface area contributed by atoms with Crippen molar-refractivity contribution < 1.29 is 9.59 Å². The number of aromatic nitrogens is 1. The van der Waals surface area contributed by atoms with E-state index < -0.39 is 0 Å². The second kappa shape index (κ2) is 7.68. The average Bonchev–Trinajstić information content (AvgIpc) is 3.36. The highest BCUT2D eigenvalue weighted by atomic mass is 32.1. The number of benzene rings is 1. The summed E-state index contributed by atoms with van der Waals surface area (Å²) in [5, 5.41) is 5.53. The molecule has 1 aromatic carbocycles. The maximum atomic E-state index is 12.4. The van der Waals surface area contributed by atoms with Crippen LogP contribution in [0.5, 0.6) is 0 Å². The minimum absolute atomic E-state index is 0.0899. The molecule has 1 aromatic heterocycles. The summed E-state index contributed by atoms with van der Waals surface area (Å²) in [5.41, 5.74) is 3.95. The van der Waals surface area contributed by atoms with E-state index in [1.54, 1.807) is 4.90 Å². The van der Waals surface area contributed by atoms with Gasteiger partial charge in [0.2, 0.25) is 11.8 Å². The van der Waals surface area contributed by atoms with Crippen LogP contribution in [-0.2, 0) is 16.0 Å². The van der Waals surface area contributed by atoms with Gasteiger partial charge < -0.3 is 10.2 Å². The Morgan fingerprint density at radius 1 is 1.22 bits per heavy atom. The van der Waals surface area contributed by atoms with Gasteiger partial charge in [0, 0.05) is 42.8 Å². The van der Waals surface area contributed by atoms with E-state index in [-0.39, 0.29) is 18.2 Å². The van der Waals surface area contributed by atoms with Crippen molar-refractivity contribution in [3.8, 4) is 0 Å². The topological polar surface area (TPSA) is 65.5 Å². The van der Waals surface area contributed by atoms with Crippen LogP contribution in [0.1, 0.15) is 36.9 Å². The number of carbonyl (C=O) groups excluding carboxylic acids is 2. The third-order valence-electron chi connectivity index (χ3n) is 5.11. The molecule has 0 atom stereocenters. The lowest BCUT2D eigenvalue weighted by Gasteiger charge is -2.20. The van der Waals surface area contributed by atoms with Crippen LogP contribution in [0.3, 0.4) is 0 Å². The Kier molecular flexibility index (Phi) is 5.11. The third-order valence-corrected chi connectivity index (χ3v) is 6.03. The lowest BCUT2D eigenvalue weighted by atomic mass is 10.1. The van der Waals surface area contributed by atoms with Crippen molar-refractivity contribution in [3.63, 3.8) is 0 Å². The van der Waals surface area contributed by atoms with Gasteiger partial charge in [-0.1, -0.05) is 0 Å². The Balaban J connectivity index is 1.37. The number of rotatable bonds is 5. The molecule has 142 valence electrons. The number of aryl methyl sites for hydroxylation is 1. The van der Waals surface area contributed by atoms with Crippen molar-refractivity contribution >= 4 is 39.7 Å². The minimum atomic E-state index is -0.0899. The first-order chi connectivity index (χ1) is 13.1. The van der Waals surface area contributed by atoms with E-state index >= 15 is 0 Å². The van der Waals surface area contributed by atoms with E-state index in [0.29, 0.717) is 17.2 Å². The summed E-state index contributed by atoms with van der Waals surface area (Å²) >= 11 is 1.43. The summed E-state index contributed by atoms with van der Waals surface area (Å²) in [6, 6.07) is 6.09. The van der Waals surface area contributed by atoms with E-state index in [0.717, 1.165) is 31.7 Å². The van der Waals surface area contributed by atoms with Crippen LogP contribution in [0.15, 0.2) is 23.6 Å². The monoisotopic (exact) mass is 384 g/mol. The first-order valence-electron chi connectivity index (χ1n) is 9.50. The predicted octanol–water partition coefficient (Wildman–Crippen LogP) is 3.36. The Morgan fingerprint density at radius 3 is 2.74 bits per heavy atom. The summed E-state index contributed by atoms with van der Waals surface area (Å²) in [4.78, 5) is 32.8. The van der Waals surface area contributed by atoms with Gasteiger partial charge in [0.1, 0.15) is 0 Å². The van der Waals surface area contributed by atoms with Crippen LogP contribution in [0.25, 0.3) is 0 Å². The average molecular weight is 385 g/mol. The predicted molar refractivity (Wildman–Crippen MR) is 109 cm³/mol. The molecule has 2 amide bonds. The maximum Gasteiger partial charge on any atom is 0.230 e. The number of amides is 2. The fourth-order valence-electron chi connectivity index (χ4n) is 3.77. The molecule has 6 nitrogen and oxygen atoms in total. The molecular weight excluding hydrogens is 360 g/mol. The number of thiazole rings is 1. The van der Waals surface area contributed by atoms with Gasteiger partial charge in [-0.3, -0.25) is 14.5 Å². The molecule has 0 unspecified atom stereocenters. The van der Waals surface area contributed by atoms with E-state index in [1.165, 1.54) is 35.4 Å². The number of anilines is 3. The molecular formula is C20H24N4O2S. The van der Waals surface area contributed by atoms with Crippen LogP contribution in [0.4, 0.5) is 16.5 Å². The van der Waals surface area contributed by atoms with Crippen LogP contribution < -0.4 is 15.1 Å². The van der Waals surface area contributed by atoms with Gasteiger partial charge >= 0.3 is 0 Å². The summed E-state index contributed by atoms with van der Waals surface area (Å²) in [7, 11) is 0.